The maximum Gasteiger partial charge on any atom is 0.340 e. The molecule has 0 saturated carbocycles. The van der Waals surface area contributed by atoms with Crippen LogP contribution < -0.4 is 0 Å². The van der Waals surface area contributed by atoms with Crippen LogP contribution in [0.1, 0.15) is 88.8 Å². The lowest BCUT2D eigenvalue weighted by molar-refractivity contribution is 0.0246. The molecule has 3 aromatic carbocycles. The highest BCUT2D eigenvalue weighted by Crippen LogP contribution is 2.51. The van der Waals surface area contributed by atoms with Crippen LogP contribution in [0, 0.1) is 13.8 Å². The predicted molar refractivity (Wildman–Crippen MR) is 126 cm³/mol. The number of hydrogen-bond acceptors (Lipinski definition) is 4. The van der Waals surface area contributed by atoms with Crippen molar-refractivity contribution in [1.82, 2.24) is 0 Å². The second-order valence-corrected chi connectivity index (χ2v) is 9.38. The van der Waals surface area contributed by atoms with Crippen molar-refractivity contribution in [3.05, 3.63) is 93.0 Å². The molecule has 1 heterocycles. The molecule has 4 rings (SSSR count). The van der Waals surface area contributed by atoms with Gasteiger partial charge in [0.15, 0.2) is 5.60 Å². The molecule has 0 saturated heterocycles. The van der Waals surface area contributed by atoms with Gasteiger partial charge in [-0.15, -0.1) is 0 Å². The highest BCUT2D eigenvalue weighted by atomic mass is 16.6. The van der Waals surface area contributed by atoms with Gasteiger partial charge in [-0.1, -0.05) is 45.9 Å². The molecule has 0 radical (unpaired) electrons. The van der Waals surface area contributed by atoms with E-state index < -0.39 is 5.60 Å². The summed E-state index contributed by atoms with van der Waals surface area (Å²) >= 11 is 0. The first kappa shape index (κ1) is 21.9. The molecule has 2 N–H and O–H groups in total. The third-order valence-electron chi connectivity index (χ3n) is 6.52. The van der Waals surface area contributed by atoms with E-state index in [0.29, 0.717) is 11.1 Å². The van der Waals surface area contributed by atoms with Crippen LogP contribution in [0.25, 0.3) is 0 Å². The monoisotopic (exact) mass is 430 g/mol. The third kappa shape index (κ3) is 3.17. The minimum atomic E-state index is -1.17. The van der Waals surface area contributed by atoms with Gasteiger partial charge in [-0.05, 0) is 78.3 Å². The van der Waals surface area contributed by atoms with Gasteiger partial charge in [0, 0.05) is 16.7 Å². The lowest BCUT2D eigenvalue weighted by Gasteiger charge is -2.35. The van der Waals surface area contributed by atoms with E-state index in [1.54, 1.807) is 18.2 Å². The van der Waals surface area contributed by atoms with Gasteiger partial charge in [0.25, 0.3) is 0 Å². The Hall–Kier alpha value is -3.27. The average Bonchev–Trinajstić information content (AvgIpc) is 3.03. The summed E-state index contributed by atoms with van der Waals surface area (Å²) in [5, 5.41) is 21.1. The molecule has 32 heavy (non-hydrogen) atoms. The molecule has 0 unspecified atom stereocenters. The van der Waals surface area contributed by atoms with Crippen molar-refractivity contribution in [2.75, 3.05) is 0 Å². The number of rotatable bonds is 4. The topological polar surface area (TPSA) is 66.8 Å². The first-order valence-corrected chi connectivity index (χ1v) is 11.1. The number of fused-ring (bicyclic) bond motifs is 1. The highest BCUT2D eigenvalue weighted by Gasteiger charge is 2.50. The lowest BCUT2D eigenvalue weighted by atomic mass is 9.73. The van der Waals surface area contributed by atoms with Crippen molar-refractivity contribution in [2.24, 2.45) is 0 Å². The molecule has 0 aromatic heterocycles. The zero-order valence-electron chi connectivity index (χ0n) is 19.5. The summed E-state index contributed by atoms with van der Waals surface area (Å²) in [4.78, 5) is 13.1. The van der Waals surface area contributed by atoms with E-state index in [2.05, 4.69) is 13.8 Å². The molecule has 1 aliphatic rings. The van der Waals surface area contributed by atoms with Crippen LogP contribution >= 0.6 is 0 Å². The Morgan fingerprint density at radius 2 is 1.41 bits per heavy atom. The molecule has 0 amide bonds. The fourth-order valence-corrected chi connectivity index (χ4v) is 4.81. The van der Waals surface area contributed by atoms with Crippen LogP contribution in [0.3, 0.4) is 0 Å². The summed E-state index contributed by atoms with van der Waals surface area (Å²) in [6, 6.07) is 14.9. The summed E-state index contributed by atoms with van der Waals surface area (Å²) in [7, 11) is 0. The van der Waals surface area contributed by atoms with Crippen molar-refractivity contribution in [1.29, 1.82) is 0 Å². The Morgan fingerprint density at radius 3 is 2.06 bits per heavy atom. The van der Waals surface area contributed by atoms with E-state index in [4.69, 9.17) is 4.74 Å². The van der Waals surface area contributed by atoms with Crippen LogP contribution in [0.4, 0.5) is 0 Å². The van der Waals surface area contributed by atoms with Crippen LogP contribution in [0.2, 0.25) is 0 Å². The molecule has 0 fully saturated rings. The minimum absolute atomic E-state index is 0.0850. The summed E-state index contributed by atoms with van der Waals surface area (Å²) in [5.74, 6) is 0.252. The number of aryl methyl sites for hydroxylation is 2. The van der Waals surface area contributed by atoms with Gasteiger partial charge >= 0.3 is 5.97 Å². The second kappa shape index (κ2) is 7.70. The van der Waals surface area contributed by atoms with Gasteiger partial charge in [0.2, 0.25) is 0 Å². The minimum Gasteiger partial charge on any atom is -0.508 e. The molecule has 0 aliphatic carbocycles. The molecule has 0 spiro atoms. The quantitative estimate of drug-likeness (QED) is 0.469. The SMILES string of the molecule is Cc1cc([C@]2(c3cc(C(C)C)c(O)cc3C)OC(=O)c3ccccc32)c(C(C)C)cc1O. The maximum atomic E-state index is 13.1. The van der Waals surface area contributed by atoms with Gasteiger partial charge in [-0.2, -0.15) is 0 Å². The smallest absolute Gasteiger partial charge is 0.340 e. The van der Waals surface area contributed by atoms with E-state index in [9.17, 15) is 15.0 Å². The summed E-state index contributed by atoms with van der Waals surface area (Å²) < 4.78 is 6.33. The zero-order valence-corrected chi connectivity index (χ0v) is 19.5. The normalized spacial score (nSPS) is 17.7. The molecule has 4 nitrogen and oxygen atoms in total. The van der Waals surface area contributed by atoms with Crippen molar-refractivity contribution in [3.63, 3.8) is 0 Å². The largest absolute Gasteiger partial charge is 0.508 e. The molecule has 3 aromatic rings. The van der Waals surface area contributed by atoms with Crippen LogP contribution in [-0.2, 0) is 10.3 Å². The number of phenols is 2. The Labute approximate surface area is 189 Å². The number of phenolic OH excluding ortho intramolecular Hbond substituents is 2. The number of aromatic hydroxyl groups is 2. The molecule has 1 aliphatic heterocycles. The Kier molecular flexibility index (Phi) is 5.28. The lowest BCUT2D eigenvalue weighted by Crippen LogP contribution is -2.32. The maximum absolute atomic E-state index is 13.1. The zero-order chi connectivity index (χ0) is 23.4. The fraction of sp³-hybridized carbons (Fsp3) is 0.321. The Bertz CT molecular complexity index is 1220. The van der Waals surface area contributed by atoms with E-state index in [1.165, 1.54) is 0 Å². The predicted octanol–water partition coefficient (Wildman–Crippen LogP) is 6.42. The number of cyclic esters (lactones) is 1. The number of benzene rings is 3. The summed E-state index contributed by atoms with van der Waals surface area (Å²) in [6.07, 6.45) is 0. The molecule has 0 bridgehead atoms. The van der Waals surface area contributed by atoms with Crippen molar-refractivity contribution < 1.29 is 19.7 Å². The first-order valence-electron chi connectivity index (χ1n) is 11.1. The number of carbonyl (C=O) groups is 1. The van der Waals surface area contributed by atoms with E-state index in [0.717, 1.165) is 33.4 Å². The number of hydrogen-bond donors (Lipinski definition) is 2. The van der Waals surface area contributed by atoms with Crippen molar-refractivity contribution in [2.45, 2.75) is 59.0 Å². The summed E-state index contributed by atoms with van der Waals surface area (Å²) in [6.45, 7) is 12.0. The Morgan fingerprint density at radius 1 is 0.750 bits per heavy atom. The number of esters is 1. The van der Waals surface area contributed by atoms with Gasteiger partial charge in [-0.3, -0.25) is 0 Å². The van der Waals surface area contributed by atoms with Gasteiger partial charge < -0.3 is 14.9 Å². The van der Waals surface area contributed by atoms with Gasteiger partial charge in [-0.25, -0.2) is 4.79 Å². The molecule has 4 heteroatoms. The highest BCUT2D eigenvalue weighted by molar-refractivity contribution is 5.96. The van der Waals surface area contributed by atoms with Crippen molar-refractivity contribution >= 4 is 5.97 Å². The fourth-order valence-electron chi connectivity index (χ4n) is 4.81. The van der Waals surface area contributed by atoms with Crippen LogP contribution in [-0.4, -0.2) is 16.2 Å². The summed E-state index contributed by atoms with van der Waals surface area (Å²) in [5.41, 5.74) is 5.05. The second-order valence-electron chi connectivity index (χ2n) is 9.38. The molecular weight excluding hydrogens is 400 g/mol. The standard InChI is InChI=1S/C28H30O4/c1-15(2)20-14-25(29)18(6)11-24(20)28(22-10-8-7-9-19(22)27(31)32-28)23-13-21(16(3)4)26(30)12-17(23)5/h7-16,29-30H,1-6H3/t28-/m0/s1. The van der Waals surface area contributed by atoms with E-state index in [-0.39, 0.29) is 29.3 Å². The van der Waals surface area contributed by atoms with E-state index in [1.807, 2.05) is 58.0 Å². The average molecular weight is 431 g/mol. The van der Waals surface area contributed by atoms with Gasteiger partial charge in [0.1, 0.15) is 11.5 Å². The number of ether oxygens (including phenoxy) is 1. The van der Waals surface area contributed by atoms with E-state index >= 15 is 0 Å². The van der Waals surface area contributed by atoms with Crippen LogP contribution in [0.5, 0.6) is 11.5 Å². The Balaban J connectivity index is 2.18. The molecule has 1 atom stereocenters. The molecular formula is C28H30O4. The first-order chi connectivity index (χ1) is 15.1. The van der Waals surface area contributed by atoms with Crippen LogP contribution in [0.15, 0.2) is 48.5 Å². The number of carbonyl (C=O) groups excluding carboxylic acids is 1. The van der Waals surface area contributed by atoms with Gasteiger partial charge in [0.05, 0.1) is 5.56 Å². The van der Waals surface area contributed by atoms with Crippen molar-refractivity contribution in [3.8, 4) is 11.5 Å². The molecule has 166 valence electrons. The third-order valence-corrected chi connectivity index (χ3v) is 6.52.